The molecular weight excluding hydrogens is 276 g/mol. The monoisotopic (exact) mass is 286 g/mol. The number of amides is 1. The highest BCUT2D eigenvalue weighted by Crippen LogP contribution is 2.50. The number of hydrogen-bond donors (Lipinski definition) is 2. The summed E-state index contributed by atoms with van der Waals surface area (Å²) in [5.41, 5.74) is 3.23. The second kappa shape index (κ2) is 3.35. The van der Waals surface area contributed by atoms with Crippen LogP contribution >= 0.6 is 11.6 Å². The van der Waals surface area contributed by atoms with Gasteiger partial charge in [0.15, 0.2) is 0 Å². The van der Waals surface area contributed by atoms with E-state index in [0.717, 1.165) is 23.1 Å². The van der Waals surface area contributed by atoms with Crippen LogP contribution in [-0.2, 0) is 4.79 Å². The molecule has 2 aromatic rings. The molecule has 100 valence electrons. The molecule has 2 N–H and O–H groups in total. The van der Waals surface area contributed by atoms with Crippen LogP contribution in [0.25, 0.3) is 10.9 Å². The summed E-state index contributed by atoms with van der Waals surface area (Å²) in [5, 5.41) is 11.8. The lowest BCUT2D eigenvalue weighted by Crippen LogP contribution is -2.43. The number of nitrogens with zero attached hydrogens (tertiary/aromatic N) is 2. The predicted octanol–water partition coefficient (Wildman–Crippen LogP) is 1.46. The number of aromatic nitrogens is 2. The van der Waals surface area contributed by atoms with Crippen molar-refractivity contribution in [2.75, 3.05) is 11.4 Å². The van der Waals surface area contributed by atoms with Gasteiger partial charge < -0.3 is 10.2 Å². The molecule has 2 aliphatic heterocycles. The molecular formula is C14H11ClN4O. The van der Waals surface area contributed by atoms with E-state index >= 15 is 0 Å². The first-order chi connectivity index (χ1) is 9.72. The van der Waals surface area contributed by atoms with Gasteiger partial charge in [-0.2, -0.15) is 5.10 Å². The number of benzene rings is 1. The van der Waals surface area contributed by atoms with E-state index in [4.69, 9.17) is 11.6 Å². The Balaban J connectivity index is 1.69. The Bertz CT molecular complexity index is 796. The van der Waals surface area contributed by atoms with Gasteiger partial charge in [-0.05, 0) is 17.7 Å². The maximum absolute atomic E-state index is 11.9. The fraction of sp³-hybridized carbons (Fsp3) is 0.286. The summed E-state index contributed by atoms with van der Waals surface area (Å²) in [7, 11) is 0. The Hall–Kier alpha value is -2.01. The fourth-order valence-corrected chi connectivity index (χ4v) is 3.79. The van der Waals surface area contributed by atoms with Crippen molar-refractivity contribution in [1.82, 2.24) is 15.5 Å². The summed E-state index contributed by atoms with van der Waals surface area (Å²) < 4.78 is 0. The highest BCUT2D eigenvalue weighted by atomic mass is 35.5. The standard InChI is InChI=1S/C14H11ClN4O/c15-6-1-10-9(4-16-18-10)11(2-6)19-5-7-3-8-12(13(8)19)14(20)17-7/h1-4,7,12-13H,5H2,(H,16,18)(H,17,20)/t7-,12+,13?/m0/s1. The average Bonchev–Trinajstić information content (AvgIpc) is 3.02. The molecule has 6 heteroatoms. The molecule has 3 atom stereocenters. The molecule has 3 heterocycles. The van der Waals surface area contributed by atoms with Crippen molar-refractivity contribution in [3.63, 3.8) is 0 Å². The van der Waals surface area contributed by atoms with Crippen LogP contribution in [0.5, 0.6) is 0 Å². The average molecular weight is 287 g/mol. The topological polar surface area (TPSA) is 61.0 Å². The first-order valence-electron chi connectivity index (χ1n) is 6.63. The molecule has 5 rings (SSSR count). The maximum atomic E-state index is 11.9. The minimum absolute atomic E-state index is 0.0229. The molecule has 20 heavy (non-hydrogen) atoms. The van der Waals surface area contributed by atoms with Crippen LogP contribution in [0, 0.1) is 5.92 Å². The number of H-pyrrole nitrogens is 1. The van der Waals surface area contributed by atoms with Crippen LogP contribution in [0.3, 0.4) is 0 Å². The molecule has 0 spiro atoms. The molecule has 1 aromatic heterocycles. The van der Waals surface area contributed by atoms with Crippen molar-refractivity contribution in [1.29, 1.82) is 0 Å². The van der Waals surface area contributed by atoms with Crippen LogP contribution in [0.15, 0.2) is 30.0 Å². The Morgan fingerprint density at radius 1 is 1.40 bits per heavy atom. The summed E-state index contributed by atoms with van der Waals surface area (Å²) in [6, 6.07) is 4.14. The number of carbonyl (C=O) groups is 1. The Labute approximate surface area is 119 Å². The summed E-state index contributed by atoms with van der Waals surface area (Å²) in [4.78, 5) is 14.2. The molecule has 1 saturated carbocycles. The SMILES string of the molecule is O=C1N[C@H]2C=C3C([C@H]13)N(c1cc(Cl)cc3[nH]ncc13)C2. The molecule has 2 bridgehead atoms. The minimum atomic E-state index is 0.0229. The van der Waals surface area contributed by atoms with Gasteiger partial charge in [-0.15, -0.1) is 0 Å². The third-order valence-electron chi connectivity index (χ3n) is 4.45. The van der Waals surface area contributed by atoms with Crippen molar-refractivity contribution >= 4 is 34.1 Å². The van der Waals surface area contributed by atoms with Gasteiger partial charge in [-0.25, -0.2) is 0 Å². The van der Waals surface area contributed by atoms with Crippen LogP contribution in [-0.4, -0.2) is 34.7 Å². The first-order valence-corrected chi connectivity index (χ1v) is 7.01. The third kappa shape index (κ3) is 1.23. The number of nitrogens with one attached hydrogen (secondary N) is 2. The van der Waals surface area contributed by atoms with E-state index in [1.165, 1.54) is 5.57 Å². The van der Waals surface area contributed by atoms with Crippen LogP contribution in [0.4, 0.5) is 5.69 Å². The summed E-state index contributed by atoms with van der Waals surface area (Å²) in [6.45, 7) is 0.789. The summed E-state index contributed by atoms with van der Waals surface area (Å²) in [6.07, 6.45) is 4.02. The number of halogens is 1. The van der Waals surface area contributed by atoms with Gasteiger partial charge >= 0.3 is 0 Å². The quantitative estimate of drug-likeness (QED) is 0.780. The van der Waals surface area contributed by atoms with E-state index in [0.29, 0.717) is 5.02 Å². The van der Waals surface area contributed by atoms with Gasteiger partial charge in [0.05, 0.1) is 29.7 Å². The normalized spacial score (nSPS) is 30.2. The van der Waals surface area contributed by atoms with E-state index in [1.807, 2.05) is 18.3 Å². The second-order valence-electron chi connectivity index (χ2n) is 5.61. The first kappa shape index (κ1) is 10.7. The van der Waals surface area contributed by atoms with Crippen molar-refractivity contribution in [3.8, 4) is 0 Å². The van der Waals surface area contributed by atoms with Crippen LogP contribution in [0.1, 0.15) is 0 Å². The molecule has 0 saturated heterocycles. The smallest absolute Gasteiger partial charge is 0.230 e. The minimum Gasteiger partial charge on any atom is -0.361 e. The molecule has 1 amide bonds. The zero-order chi connectivity index (χ0) is 13.4. The number of anilines is 1. The molecule has 0 radical (unpaired) electrons. The highest BCUT2D eigenvalue weighted by molar-refractivity contribution is 6.31. The fourth-order valence-electron chi connectivity index (χ4n) is 3.58. The number of carbonyl (C=O) groups excluding carboxylic acids is 1. The Kier molecular flexibility index (Phi) is 1.80. The highest BCUT2D eigenvalue weighted by Gasteiger charge is 2.58. The molecule has 1 fully saturated rings. The lowest BCUT2D eigenvalue weighted by molar-refractivity contribution is -0.122. The van der Waals surface area contributed by atoms with E-state index in [-0.39, 0.29) is 23.9 Å². The molecule has 1 unspecified atom stereocenters. The third-order valence-corrected chi connectivity index (χ3v) is 4.67. The molecule has 3 aliphatic rings. The van der Waals surface area contributed by atoms with E-state index in [2.05, 4.69) is 26.5 Å². The van der Waals surface area contributed by atoms with Gasteiger partial charge in [0.1, 0.15) is 0 Å². The zero-order valence-electron chi connectivity index (χ0n) is 10.4. The maximum Gasteiger partial charge on any atom is 0.230 e. The van der Waals surface area contributed by atoms with Gasteiger partial charge in [0.25, 0.3) is 0 Å². The van der Waals surface area contributed by atoms with Crippen molar-refractivity contribution in [2.45, 2.75) is 12.1 Å². The summed E-state index contributed by atoms with van der Waals surface area (Å²) >= 11 is 6.21. The van der Waals surface area contributed by atoms with Crippen molar-refractivity contribution in [3.05, 3.63) is 35.0 Å². The number of hydrogen-bond acceptors (Lipinski definition) is 3. The Morgan fingerprint density at radius 3 is 3.20 bits per heavy atom. The second-order valence-corrected chi connectivity index (χ2v) is 6.05. The van der Waals surface area contributed by atoms with Crippen LogP contribution in [0.2, 0.25) is 5.02 Å². The van der Waals surface area contributed by atoms with E-state index in [1.54, 1.807) is 0 Å². The lowest BCUT2D eigenvalue weighted by Gasteiger charge is -2.30. The molecule has 1 aliphatic carbocycles. The largest absolute Gasteiger partial charge is 0.361 e. The van der Waals surface area contributed by atoms with Gasteiger partial charge in [0.2, 0.25) is 5.91 Å². The summed E-state index contributed by atoms with van der Waals surface area (Å²) in [5.74, 6) is 0.181. The lowest BCUT2D eigenvalue weighted by atomic mass is 10.1. The van der Waals surface area contributed by atoms with Crippen molar-refractivity contribution < 1.29 is 4.79 Å². The van der Waals surface area contributed by atoms with Gasteiger partial charge in [-0.3, -0.25) is 9.89 Å². The molecule has 5 nitrogen and oxygen atoms in total. The number of fused-ring (bicyclic) bond motifs is 3. The van der Waals surface area contributed by atoms with Gasteiger partial charge in [0, 0.05) is 22.6 Å². The van der Waals surface area contributed by atoms with Gasteiger partial charge in [-0.1, -0.05) is 17.7 Å². The molecule has 1 aromatic carbocycles. The van der Waals surface area contributed by atoms with E-state index in [9.17, 15) is 4.79 Å². The number of aromatic amines is 1. The van der Waals surface area contributed by atoms with Crippen molar-refractivity contribution in [2.24, 2.45) is 5.92 Å². The predicted molar refractivity (Wildman–Crippen MR) is 75.7 cm³/mol. The van der Waals surface area contributed by atoms with Crippen LogP contribution < -0.4 is 10.2 Å². The Morgan fingerprint density at radius 2 is 2.30 bits per heavy atom. The number of rotatable bonds is 1. The zero-order valence-corrected chi connectivity index (χ0v) is 11.2. The van der Waals surface area contributed by atoms with E-state index < -0.39 is 0 Å².